The van der Waals surface area contributed by atoms with E-state index in [4.69, 9.17) is 0 Å². The molecule has 1 heterocycles. The molecule has 0 aromatic heterocycles. The van der Waals surface area contributed by atoms with Gasteiger partial charge in [-0.15, -0.1) is 0 Å². The number of hydrogen-bond donors (Lipinski definition) is 0. The number of ketones is 1. The average Bonchev–Trinajstić information content (AvgIpc) is 2.21. The van der Waals surface area contributed by atoms with Crippen LogP contribution in [0.3, 0.4) is 0 Å². The first-order valence-electron chi connectivity index (χ1n) is 5.80. The Morgan fingerprint density at radius 2 is 1.71 bits per heavy atom. The molecule has 0 amide bonds. The van der Waals surface area contributed by atoms with Crippen molar-refractivity contribution in [2.75, 3.05) is 20.1 Å². The molecular weight excluding hydrogens is 174 g/mol. The number of hydrogen-bond acceptors (Lipinski definition) is 2. The zero-order valence-electron chi connectivity index (χ0n) is 10.3. The number of rotatable bonds is 2. The first-order chi connectivity index (χ1) is 6.61. The molecule has 1 aliphatic heterocycles. The summed E-state index contributed by atoms with van der Waals surface area (Å²) in [4.78, 5) is 13.4. The van der Waals surface area contributed by atoms with E-state index in [-0.39, 0.29) is 5.92 Å². The summed E-state index contributed by atoms with van der Waals surface area (Å²) in [6, 6.07) is 0. The fourth-order valence-electron chi connectivity index (χ4n) is 1.86. The Morgan fingerprint density at radius 1 is 1.29 bits per heavy atom. The maximum Gasteiger partial charge on any atom is 0.132 e. The van der Waals surface area contributed by atoms with Crippen LogP contribution in [-0.2, 0) is 4.79 Å². The van der Waals surface area contributed by atoms with Crippen LogP contribution in [0.2, 0.25) is 0 Å². The van der Waals surface area contributed by atoms with E-state index in [2.05, 4.69) is 18.9 Å². The number of carbonyl (C=O) groups is 1. The van der Waals surface area contributed by atoms with Gasteiger partial charge in [-0.2, -0.15) is 0 Å². The van der Waals surface area contributed by atoms with Crippen LogP contribution in [0.1, 0.15) is 40.5 Å². The van der Waals surface area contributed by atoms with E-state index in [1.54, 1.807) is 6.92 Å². The number of carbonyl (C=O) groups excluding carboxylic acids is 1. The van der Waals surface area contributed by atoms with Crippen LogP contribution in [0.4, 0.5) is 0 Å². The van der Waals surface area contributed by atoms with Crippen molar-refractivity contribution in [3.63, 3.8) is 0 Å². The van der Waals surface area contributed by atoms with E-state index < -0.39 is 0 Å². The van der Waals surface area contributed by atoms with Crippen molar-refractivity contribution in [2.24, 2.45) is 11.8 Å². The van der Waals surface area contributed by atoms with Crippen molar-refractivity contribution in [1.82, 2.24) is 4.90 Å². The molecule has 14 heavy (non-hydrogen) atoms. The van der Waals surface area contributed by atoms with Crippen molar-refractivity contribution in [3.8, 4) is 0 Å². The minimum absolute atomic E-state index is 0.277. The van der Waals surface area contributed by atoms with E-state index >= 15 is 0 Å². The van der Waals surface area contributed by atoms with Crippen LogP contribution in [0.25, 0.3) is 0 Å². The van der Waals surface area contributed by atoms with Gasteiger partial charge in [0.1, 0.15) is 5.78 Å². The summed E-state index contributed by atoms with van der Waals surface area (Å²) in [6.07, 6.45) is 2.38. The Hall–Kier alpha value is -0.370. The van der Waals surface area contributed by atoms with Crippen LogP contribution in [-0.4, -0.2) is 30.8 Å². The first-order valence-corrected chi connectivity index (χ1v) is 5.80. The molecule has 1 aliphatic rings. The van der Waals surface area contributed by atoms with Crippen molar-refractivity contribution >= 4 is 5.78 Å². The third-order valence-corrected chi connectivity index (χ3v) is 3.11. The maximum atomic E-state index is 11.1. The van der Waals surface area contributed by atoms with Crippen LogP contribution < -0.4 is 0 Å². The molecule has 0 N–H and O–H groups in total. The second-order valence-electron chi connectivity index (χ2n) is 4.04. The van der Waals surface area contributed by atoms with Crippen LogP contribution in [0, 0.1) is 11.8 Å². The van der Waals surface area contributed by atoms with Crippen LogP contribution in [0.5, 0.6) is 0 Å². The smallest absolute Gasteiger partial charge is 0.132 e. The summed E-state index contributed by atoms with van der Waals surface area (Å²) >= 11 is 0. The molecule has 0 saturated carbocycles. The predicted molar refractivity (Wildman–Crippen MR) is 61.4 cm³/mol. The average molecular weight is 199 g/mol. The van der Waals surface area contributed by atoms with Crippen molar-refractivity contribution in [2.45, 2.75) is 40.5 Å². The van der Waals surface area contributed by atoms with Gasteiger partial charge in [0.15, 0.2) is 0 Å². The highest BCUT2D eigenvalue weighted by molar-refractivity contribution is 5.78. The zero-order chi connectivity index (χ0) is 11.1. The van der Waals surface area contributed by atoms with Gasteiger partial charge < -0.3 is 4.90 Å². The van der Waals surface area contributed by atoms with Gasteiger partial charge in [0, 0.05) is 5.92 Å². The van der Waals surface area contributed by atoms with Gasteiger partial charge in [0.05, 0.1) is 0 Å². The molecule has 1 rings (SSSR count). The fraction of sp³-hybridized carbons (Fsp3) is 0.917. The molecule has 0 spiro atoms. The van der Waals surface area contributed by atoms with Crippen molar-refractivity contribution < 1.29 is 4.79 Å². The maximum absolute atomic E-state index is 11.1. The van der Waals surface area contributed by atoms with Gasteiger partial charge in [0.2, 0.25) is 0 Å². The highest BCUT2D eigenvalue weighted by Crippen LogP contribution is 2.24. The second-order valence-corrected chi connectivity index (χ2v) is 4.04. The lowest BCUT2D eigenvalue weighted by molar-refractivity contribution is -0.122. The molecule has 1 fully saturated rings. The molecule has 0 aliphatic carbocycles. The summed E-state index contributed by atoms with van der Waals surface area (Å²) < 4.78 is 0. The van der Waals surface area contributed by atoms with Crippen LogP contribution in [0.15, 0.2) is 0 Å². The summed E-state index contributed by atoms with van der Waals surface area (Å²) in [6.45, 7) is 10.1. The SMILES string of the molecule is CC.CC(=O)C(C)C1CCN(C)CC1. The lowest BCUT2D eigenvalue weighted by Crippen LogP contribution is -2.34. The molecular formula is C12H25NO. The summed E-state index contributed by atoms with van der Waals surface area (Å²) in [7, 11) is 2.15. The largest absolute Gasteiger partial charge is 0.306 e. The minimum Gasteiger partial charge on any atom is -0.306 e. The second kappa shape index (κ2) is 6.99. The number of piperidine rings is 1. The third kappa shape index (κ3) is 4.23. The van der Waals surface area contributed by atoms with E-state index in [1.165, 1.54) is 12.8 Å². The molecule has 0 aromatic carbocycles. The molecule has 0 aromatic rings. The highest BCUT2D eigenvalue weighted by Gasteiger charge is 2.24. The summed E-state index contributed by atoms with van der Waals surface area (Å²) in [5.41, 5.74) is 0. The summed E-state index contributed by atoms with van der Waals surface area (Å²) in [5.74, 6) is 1.27. The highest BCUT2D eigenvalue weighted by atomic mass is 16.1. The molecule has 1 saturated heterocycles. The van der Waals surface area contributed by atoms with Gasteiger partial charge in [-0.25, -0.2) is 0 Å². The third-order valence-electron chi connectivity index (χ3n) is 3.11. The van der Waals surface area contributed by atoms with E-state index in [9.17, 15) is 4.79 Å². The predicted octanol–water partition coefficient (Wildman–Crippen LogP) is 2.58. The Balaban J connectivity index is 0.000000791. The fourth-order valence-corrected chi connectivity index (χ4v) is 1.86. The zero-order valence-corrected chi connectivity index (χ0v) is 10.3. The van der Waals surface area contributed by atoms with E-state index in [0.717, 1.165) is 13.1 Å². The molecule has 0 bridgehead atoms. The monoisotopic (exact) mass is 199 g/mol. The van der Waals surface area contributed by atoms with Gasteiger partial charge in [-0.1, -0.05) is 20.8 Å². The molecule has 0 radical (unpaired) electrons. The lowest BCUT2D eigenvalue weighted by atomic mass is 9.83. The first kappa shape index (κ1) is 13.6. The topological polar surface area (TPSA) is 20.3 Å². The van der Waals surface area contributed by atoms with Gasteiger partial charge in [-0.05, 0) is 45.8 Å². The van der Waals surface area contributed by atoms with E-state index in [0.29, 0.717) is 11.7 Å². The molecule has 2 heteroatoms. The number of nitrogens with zero attached hydrogens (tertiary/aromatic N) is 1. The Bertz CT molecular complexity index is 160. The van der Waals surface area contributed by atoms with Crippen molar-refractivity contribution in [3.05, 3.63) is 0 Å². The Labute approximate surface area is 88.7 Å². The van der Waals surface area contributed by atoms with E-state index in [1.807, 2.05) is 13.8 Å². The molecule has 1 atom stereocenters. The Morgan fingerprint density at radius 3 is 2.07 bits per heavy atom. The van der Waals surface area contributed by atoms with Gasteiger partial charge in [-0.3, -0.25) is 4.79 Å². The summed E-state index contributed by atoms with van der Waals surface area (Å²) in [5, 5.41) is 0. The van der Waals surface area contributed by atoms with Crippen molar-refractivity contribution in [1.29, 1.82) is 0 Å². The lowest BCUT2D eigenvalue weighted by Gasteiger charge is -2.31. The minimum atomic E-state index is 0.277. The Kier molecular flexibility index (Phi) is 6.81. The number of likely N-dealkylation sites (tertiary alicyclic amines) is 1. The quantitative estimate of drug-likeness (QED) is 0.681. The number of Topliss-reactive ketones (excluding diaryl/α,β-unsaturated/α-hetero) is 1. The van der Waals surface area contributed by atoms with Gasteiger partial charge in [0.25, 0.3) is 0 Å². The standard InChI is InChI=1S/C10H19NO.C2H6/c1-8(9(2)12)10-4-6-11(3)7-5-10;1-2/h8,10H,4-7H2,1-3H3;1-2H3. The van der Waals surface area contributed by atoms with Crippen LogP contribution >= 0.6 is 0 Å². The molecule has 2 nitrogen and oxygen atoms in total. The van der Waals surface area contributed by atoms with Gasteiger partial charge >= 0.3 is 0 Å². The molecule has 1 unspecified atom stereocenters. The molecule has 84 valence electrons. The normalized spacial score (nSPS) is 20.9.